The molecule has 0 saturated carbocycles. The van der Waals surface area contributed by atoms with Gasteiger partial charge in [-0.1, -0.05) is 41.2 Å². The van der Waals surface area contributed by atoms with E-state index in [9.17, 15) is 0 Å². The van der Waals surface area contributed by atoms with E-state index >= 15 is 0 Å². The lowest BCUT2D eigenvalue weighted by Crippen LogP contribution is -1.99. The number of thiophene rings is 1. The highest BCUT2D eigenvalue weighted by Gasteiger charge is 2.20. The van der Waals surface area contributed by atoms with Crippen LogP contribution in [0.25, 0.3) is 21.7 Å². The van der Waals surface area contributed by atoms with Crippen LogP contribution in [-0.4, -0.2) is 19.7 Å². The van der Waals surface area contributed by atoms with E-state index in [1.807, 2.05) is 48.7 Å². The van der Waals surface area contributed by atoms with Gasteiger partial charge < -0.3 is 9.09 Å². The maximum Gasteiger partial charge on any atom is 0.240 e. The maximum atomic E-state index is 5.46. The number of para-hydroxylation sites is 2. The Labute approximate surface area is 153 Å². The summed E-state index contributed by atoms with van der Waals surface area (Å²) in [6.07, 6.45) is 1.88. The minimum absolute atomic E-state index is 0.00147. The molecule has 0 N–H and O–H groups in total. The number of benzene rings is 1. The van der Waals surface area contributed by atoms with Crippen LogP contribution in [-0.2, 0) is 6.54 Å². The molecule has 1 unspecified atom stereocenters. The van der Waals surface area contributed by atoms with Crippen LogP contribution in [0.15, 0.2) is 64.1 Å². The first-order valence-corrected chi connectivity index (χ1v) is 9.62. The fourth-order valence-electron chi connectivity index (χ4n) is 2.56. The van der Waals surface area contributed by atoms with Gasteiger partial charge in [0.2, 0.25) is 11.7 Å². The Morgan fingerprint density at radius 2 is 2.16 bits per heavy atom. The van der Waals surface area contributed by atoms with E-state index in [0.717, 1.165) is 21.1 Å². The molecule has 4 rings (SSSR count). The molecule has 7 heteroatoms. The van der Waals surface area contributed by atoms with Gasteiger partial charge in [0.1, 0.15) is 0 Å². The highest BCUT2D eigenvalue weighted by Crippen LogP contribution is 2.36. The van der Waals surface area contributed by atoms with Crippen LogP contribution in [0.2, 0.25) is 0 Å². The highest BCUT2D eigenvalue weighted by molar-refractivity contribution is 7.99. The summed E-state index contributed by atoms with van der Waals surface area (Å²) in [4.78, 5) is 10.3. The number of rotatable bonds is 6. The van der Waals surface area contributed by atoms with Crippen molar-refractivity contribution in [3.05, 3.63) is 60.3 Å². The van der Waals surface area contributed by atoms with Gasteiger partial charge in [0.05, 0.1) is 21.2 Å². The zero-order valence-electron chi connectivity index (χ0n) is 13.6. The Hall–Kier alpha value is -2.38. The van der Waals surface area contributed by atoms with Crippen molar-refractivity contribution in [2.24, 2.45) is 0 Å². The second-order valence-electron chi connectivity index (χ2n) is 5.48. The number of aromatic nitrogens is 4. The Bertz CT molecular complexity index is 1000. The lowest BCUT2D eigenvalue weighted by atomic mass is 10.3. The predicted molar refractivity (Wildman–Crippen MR) is 102 cm³/mol. The van der Waals surface area contributed by atoms with Gasteiger partial charge in [0.15, 0.2) is 5.16 Å². The summed E-state index contributed by atoms with van der Waals surface area (Å²) in [5.74, 6) is 1.24. The summed E-state index contributed by atoms with van der Waals surface area (Å²) >= 11 is 3.21. The molecule has 4 aromatic rings. The maximum absolute atomic E-state index is 5.46. The third-order valence-corrected chi connectivity index (χ3v) is 5.69. The van der Waals surface area contributed by atoms with Gasteiger partial charge in [-0.25, -0.2) is 4.98 Å². The molecule has 0 fully saturated rings. The number of thioether (sulfide) groups is 1. The molecule has 5 nitrogen and oxygen atoms in total. The average Bonchev–Trinajstić information content (AvgIpc) is 3.35. The van der Waals surface area contributed by atoms with Crippen molar-refractivity contribution >= 4 is 34.1 Å². The zero-order valence-corrected chi connectivity index (χ0v) is 15.3. The SMILES string of the molecule is C=CCn1c(SC(C)c2nc(-c3cccs3)no2)nc2ccccc21. The van der Waals surface area contributed by atoms with E-state index in [1.54, 1.807) is 23.1 Å². The van der Waals surface area contributed by atoms with E-state index in [0.29, 0.717) is 18.3 Å². The van der Waals surface area contributed by atoms with Crippen molar-refractivity contribution in [1.82, 2.24) is 19.7 Å². The molecule has 0 spiro atoms. The summed E-state index contributed by atoms with van der Waals surface area (Å²) in [7, 11) is 0. The Morgan fingerprint density at radius 1 is 1.28 bits per heavy atom. The molecule has 0 aliphatic carbocycles. The van der Waals surface area contributed by atoms with Crippen LogP contribution in [0.1, 0.15) is 18.1 Å². The van der Waals surface area contributed by atoms with Gasteiger partial charge in [-0.2, -0.15) is 4.98 Å². The van der Waals surface area contributed by atoms with Gasteiger partial charge >= 0.3 is 0 Å². The van der Waals surface area contributed by atoms with Crippen molar-refractivity contribution in [3.63, 3.8) is 0 Å². The van der Waals surface area contributed by atoms with Gasteiger partial charge in [-0.3, -0.25) is 0 Å². The van der Waals surface area contributed by atoms with Crippen molar-refractivity contribution in [2.45, 2.75) is 23.9 Å². The second-order valence-corrected chi connectivity index (χ2v) is 7.73. The predicted octanol–water partition coefficient (Wildman–Crippen LogP) is 5.19. The largest absolute Gasteiger partial charge is 0.338 e. The number of hydrogen-bond donors (Lipinski definition) is 0. The number of allylic oxidation sites excluding steroid dienone is 1. The van der Waals surface area contributed by atoms with Gasteiger partial charge in [0, 0.05) is 6.54 Å². The highest BCUT2D eigenvalue weighted by atomic mass is 32.2. The Kier molecular flexibility index (Phi) is 4.42. The number of nitrogens with zero attached hydrogens (tertiary/aromatic N) is 4. The molecule has 1 aromatic carbocycles. The standard InChI is InChI=1S/C18H16N4OS2/c1-3-10-22-14-8-5-4-7-13(14)19-18(22)25-12(2)17-20-16(21-23-17)15-9-6-11-24-15/h3-9,11-12H,1,10H2,2H3. The first-order valence-electron chi connectivity index (χ1n) is 7.86. The first kappa shape index (κ1) is 16.1. The molecular formula is C18H16N4OS2. The summed E-state index contributed by atoms with van der Waals surface area (Å²) in [6.45, 7) is 6.61. The topological polar surface area (TPSA) is 56.7 Å². The molecule has 126 valence electrons. The van der Waals surface area contributed by atoms with E-state index < -0.39 is 0 Å². The molecule has 0 radical (unpaired) electrons. The molecule has 3 aromatic heterocycles. The summed E-state index contributed by atoms with van der Waals surface area (Å²) < 4.78 is 7.62. The molecule has 0 aliphatic rings. The smallest absolute Gasteiger partial charge is 0.240 e. The van der Waals surface area contributed by atoms with Crippen LogP contribution in [0.4, 0.5) is 0 Å². The minimum atomic E-state index is 0.00147. The third-order valence-electron chi connectivity index (χ3n) is 3.74. The minimum Gasteiger partial charge on any atom is -0.338 e. The van der Waals surface area contributed by atoms with Crippen molar-refractivity contribution in [3.8, 4) is 10.7 Å². The Morgan fingerprint density at radius 3 is 2.96 bits per heavy atom. The normalized spacial score (nSPS) is 12.5. The first-order chi connectivity index (χ1) is 12.3. The number of hydrogen-bond acceptors (Lipinski definition) is 6. The van der Waals surface area contributed by atoms with E-state index in [-0.39, 0.29) is 5.25 Å². The molecule has 25 heavy (non-hydrogen) atoms. The second kappa shape index (κ2) is 6.85. The van der Waals surface area contributed by atoms with Crippen molar-refractivity contribution in [1.29, 1.82) is 0 Å². The third kappa shape index (κ3) is 3.12. The fourth-order valence-corrected chi connectivity index (χ4v) is 4.18. The quantitative estimate of drug-likeness (QED) is 0.346. The van der Waals surface area contributed by atoms with E-state index in [2.05, 4.69) is 27.4 Å². The molecule has 0 aliphatic heterocycles. The summed E-state index contributed by atoms with van der Waals surface area (Å²) in [6, 6.07) is 12.1. The van der Waals surface area contributed by atoms with Crippen LogP contribution >= 0.6 is 23.1 Å². The molecule has 0 saturated heterocycles. The van der Waals surface area contributed by atoms with Crippen molar-refractivity contribution < 1.29 is 4.52 Å². The van der Waals surface area contributed by atoms with Gasteiger partial charge in [-0.15, -0.1) is 17.9 Å². The van der Waals surface area contributed by atoms with E-state index in [1.165, 1.54) is 0 Å². The zero-order chi connectivity index (χ0) is 17.2. The number of imidazole rings is 1. The van der Waals surface area contributed by atoms with Crippen LogP contribution < -0.4 is 0 Å². The van der Waals surface area contributed by atoms with Crippen LogP contribution in [0.5, 0.6) is 0 Å². The number of fused-ring (bicyclic) bond motifs is 1. The average molecular weight is 368 g/mol. The summed E-state index contributed by atoms with van der Waals surface area (Å²) in [5, 5.41) is 7.01. The molecule has 0 bridgehead atoms. The molecule has 0 amide bonds. The van der Waals surface area contributed by atoms with Gasteiger partial charge in [-0.05, 0) is 30.5 Å². The molecule has 1 atom stereocenters. The summed E-state index contributed by atoms with van der Waals surface area (Å²) in [5.41, 5.74) is 2.07. The lowest BCUT2D eigenvalue weighted by Gasteiger charge is -2.08. The van der Waals surface area contributed by atoms with Crippen LogP contribution in [0, 0.1) is 0 Å². The van der Waals surface area contributed by atoms with Crippen LogP contribution in [0.3, 0.4) is 0 Å². The molecule has 3 heterocycles. The monoisotopic (exact) mass is 368 g/mol. The lowest BCUT2D eigenvalue weighted by molar-refractivity contribution is 0.380. The molecular weight excluding hydrogens is 352 g/mol. The van der Waals surface area contributed by atoms with Gasteiger partial charge in [0.25, 0.3) is 0 Å². The fraction of sp³-hybridized carbons (Fsp3) is 0.167. The van der Waals surface area contributed by atoms with E-state index in [4.69, 9.17) is 9.51 Å². The van der Waals surface area contributed by atoms with Crippen molar-refractivity contribution in [2.75, 3.05) is 0 Å². The Balaban J connectivity index is 1.62.